The molecule has 1 N–H and O–H groups in total. The molecule has 0 radical (unpaired) electrons. The fourth-order valence-electron chi connectivity index (χ4n) is 3.50. The summed E-state index contributed by atoms with van der Waals surface area (Å²) in [4.78, 5) is 14.4. The molecular weight excluding hydrogens is 216 g/mol. The molecule has 3 rings (SSSR count). The molecule has 2 heterocycles. The van der Waals surface area contributed by atoms with E-state index in [1.54, 1.807) is 7.11 Å². The van der Waals surface area contributed by atoms with Crippen LogP contribution < -0.4 is 5.32 Å². The molecule has 2 atom stereocenters. The van der Waals surface area contributed by atoms with Crippen LogP contribution in [0.5, 0.6) is 0 Å². The number of carbonyl (C=O) groups is 1. The Bertz CT molecular complexity index is 290. The van der Waals surface area contributed by atoms with E-state index in [1.165, 1.54) is 6.42 Å². The number of hydrogen-bond acceptors (Lipinski definition) is 3. The molecular formula is C13H22N2O2. The lowest BCUT2D eigenvalue weighted by atomic mass is 9.79. The van der Waals surface area contributed by atoms with Crippen molar-refractivity contribution in [3.05, 3.63) is 0 Å². The van der Waals surface area contributed by atoms with Crippen LogP contribution in [-0.2, 0) is 9.53 Å². The first kappa shape index (κ1) is 11.5. The number of nitrogens with zero attached hydrogens (tertiary/aromatic N) is 1. The van der Waals surface area contributed by atoms with E-state index in [1.807, 2.05) is 0 Å². The largest absolute Gasteiger partial charge is 0.381 e. The van der Waals surface area contributed by atoms with Crippen molar-refractivity contribution in [3.8, 4) is 0 Å². The van der Waals surface area contributed by atoms with Gasteiger partial charge in [0, 0.05) is 26.1 Å². The third-order valence-corrected chi connectivity index (χ3v) is 4.58. The summed E-state index contributed by atoms with van der Waals surface area (Å²) in [5.74, 6) is 2.00. The number of amides is 1. The first-order chi connectivity index (χ1) is 8.26. The molecule has 1 amide bonds. The molecule has 96 valence electrons. The molecule has 1 aliphatic carbocycles. The molecule has 4 heteroatoms. The van der Waals surface area contributed by atoms with Crippen molar-refractivity contribution in [1.29, 1.82) is 0 Å². The molecule has 0 spiro atoms. The quantitative estimate of drug-likeness (QED) is 0.761. The summed E-state index contributed by atoms with van der Waals surface area (Å²) in [6.07, 6.45) is 3.50. The predicted octanol–water partition coefficient (Wildman–Crippen LogP) is 0.479. The second-order valence-electron chi connectivity index (χ2n) is 5.90. The minimum absolute atomic E-state index is 0.242. The second-order valence-corrected chi connectivity index (χ2v) is 5.90. The van der Waals surface area contributed by atoms with Gasteiger partial charge in [0.2, 0.25) is 5.91 Å². The third kappa shape index (κ3) is 2.20. The average molecular weight is 238 g/mol. The SMILES string of the molecule is COC1CC(C(=O)N2CC3CNCC(C3)C2)C1. The van der Waals surface area contributed by atoms with Crippen LogP contribution in [0.3, 0.4) is 0 Å². The normalized spacial score (nSPS) is 40.9. The van der Waals surface area contributed by atoms with Crippen LogP contribution in [0.25, 0.3) is 0 Å². The van der Waals surface area contributed by atoms with Gasteiger partial charge in [-0.05, 0) is 44.2 Å². The van der Waals surface area contributed by atoms with Crippen LogP contribution in [0.15, 0.2) is 0 Å². The lowest BCUT2D eigenvalue weighted by Gasteiger charge is -2.44. The minimum Gasteiger partial charge on any atom is -0.381 e. The molecule has 2 bridgehead atoms. The van der Waals surface area contributed by atoms with E-state index in [4.69, 9.17) is 4.74 Å². The Kier molecular flexibility index (Phi) is 3.09. The Hall–Kier alpha value is -0.610. The summed E-state index contributed by atoms with van der Waals surface area (Å²) in [6.45, 7) is 4.12. The zero-order valence-corrected chi connectivity index (χ0v) is 10.5. The Morgan fingerprint density at radius 3 is 2.41 bits per heavy atom. The Morgan fingerprint density at radius 1 is 1.18 bits per heavy atom. The van der Waals surface area contributed by atoms with Crippen molar-refractivity contribution >= 4 is 5.91 Å². The van der Waals surface area contributed by atoms with Gasteiger partial charge in [0.1, 0.15) is 0 Å². The van der Waals surface area contributed by atoms with Gasteiger partial charge in [0.15, 0.2) is 0 Å². The Balaban J connectivity index is 1.56. The van der Waals surface area contributed by atoms with Gasteiger partial charge in [-0.1, -0.05) is 0 Å². The molecule has 1 saturated carbocycles. The van der Waals surface area contributed by atoms with Gasteiger partial charge in [-0.2, -0.15) is 0 Å². The van der Waals surface area contributed by atoms with Crippen LogP contribution in [0.1, 0.15) is 19.3 Å². The van der Waals surface area contributed by atoms with Gasteiger partial charge in [-0.15, -0.1) is 0 Å². The van der Waals surface area contributed by atoms with Gasteiger partial charge in [-0.3, -0.25) is 4.79 Å². The van der Waals surface area contributed by atoms with Gasteiger partial charge in [0.25, 0.3) is 0 Å². The topological polar surface area (TPSA) is 41.6 Å². The number of hydrogen-bond donors (Lipinski definition) is 1. The molecule has 0 aromatic rings. The molecule has 4 nitrogen and oxygen atoms in total. The van der Waals surface area contributed by atoms with Crippen molar-refractivity contribution in [2.75, 3.05) is 33.3 Å². The highest BCUT2D eigenvalue weighted by atomic mass is 16.5. The minimum atomic E-state index is 0.242. The van der Waals surface area contributed by atoms with E-state index < -0.39 is 0 Å². The Labute approximate surface area is 103 Å². The lowest BCUT2D eigenvalue weighted by molar-refractivity contribution is -0.146. The lowest BCUT2D eigenvalue weighted by Crippen LogP contribution is -2.55. The highest BCUT2D eigenvalue weighted by Crippen LogP contribution is 2.33. The zero-order valence-electron chi connectivity index (χ0n) is 10.5. The number of rotatable bonds is 2. The third-order valence-electron chi connectivity index (χ3n) is 4.58. The summed E-state index contributed by atoms with van der Waals surface area (Å²) in [7, 11) is 1.74. The van der Waals surface area contributed by atoms with E-state index in [0.717, 1.165) is 39.0 Å². The first-order valence-electron chi connectivity index (χ1n) is 6.78. The van der Waals surface area contributed by atoms with Crippen LogP contribution in [0.2, 0.25) is 0 Å². The molecule has 0 aromatic carbocycles. The van der Waals surface area contributed by atoms with E-state index >= 15 is 0 Å². The second kappa shape index (κ2) is 4.58. The number of ether oxygens (including phenoxy) is 1. The van der Waals surface area contributed by atoms with Crippen molar-refractivity contribution < 1.29 is 9.53 Å². The molecule has 17 heavy (non-hydrogen) atoms. The van der Waals surface area contributed by atoms with Gasteiger partial charge in [-0.25, -0.2) is 0 Å². The van der Waals surface area contributed by atoms with Crippen LogP contribution in [0, 0.1) is 17.8 Å². The van der Waals surface area contributed by atoms with Crippen LogP contribution in [0.4, 0.5) is 0 Å². The maximum Gasteiger partial charge on any atom is 0.225 e. The highest BCUT2D eigenvalue weighted by molar-refractivity contribution is 5.80. The zero-order chi connectivity index (χ0) is 11.8. The maximum atomic E-state index is 12.3. The molecule has 3 aliphatic rings. The van der Waals surface area contributed by atoms with Gasteiger partial charge in [0.05, 0.1) is 6.10 Å². The molecule has 3 fully saturated rings. The summed E-state index contributed by atoms with van der Waals surface area (Å²) < 4.78 is 5.25. The fourth-order valence-corrected chi connectivity index (χ4v) is 3.50. The van der Waals surface area contributed by atoms with Gasteiger partial charge >= 0.3 is 0 Å². The number of carbonyl (C=O) groups excluding carboxylic acids is 1. The number of nitrogens with one attached hydrogen (secondary N) is 1. The van der Waals surface area contributed by atoms with E-state index in [-0.39, 0.29) is 5.92 Å². The standard InChI is InChI=1S/C13H22N2O2/c1-17-12-3-11(4-12)13(16)15-7-9-2-10(8-15)6-14-5-9/h9-12,14H,2-8H2,1H3. The van der Waals surface area contributed by atoms with E-state index in [0.29, 0.717) is 23.8 Å². The monoisotopic (exact) mass is 238 g/mol. The summed E-state index contributed by atoms with van der Waals surface area (Å²) in [5, 5.41) is 3.46. The number of piperidine rings is 2. The van der Waals surface area contributed by atoms with Crippen molar-refractivity contribution in [2.24, 2.45) is 17.8 Å². The molecule has 2 unspecified atom stereocenters. The first-order valence-corrected chi connectivity index (χ1v) is 6.78. The van der Waals surface area contributed by atoms with Crippen LogP contribution >= 0.6 is 0 Å². The Morgan fingerprint density at radius 2 is 1.82 bits per heavy atom. The summed E-state index contributed by atoms with van der Waals surface area (Å²) in [5.41, 5.74) is 0. The number of likely N-dealkylation sites (tertiary alicyclic amines) is 1. The smallest absolute Gasteiger partial charge is 0.225 e. The summed E-state index contributed by atoms with van der Waals surface area (Å²) >= 11 is 0. The number of fused-ring (bicyclic) bond motifs is 2. The van der Waals surface area contributed by atoms with Crippen LogP contribution in [-0.4, -0.2) is 50.2 Å². The molecule has 2 saturated heterocycles. The summed E-state index contributed by atoms with van der Waals surface area (Å²) in [6, 6.07) is 0. The average Bonchev–Trinajstić information content (AvgIpc) is 2.27. The van der Waals surface area contributed by atoms with Crippen molar-refractivity contribution in [3.63, 3.8) is 0 Å². The van der Waals surface area contributed by atoms with Gasteiger partial charge < -0.3 is 15.0 Å². The predicted molar refractivity (Wildman–Crippen MR) is 64.6 cm³/mol. The van der Waals surface area contributed by atoms with Crippen molar-refractivity contribution in [2.45, 2.75) is 25.4 Å². The van der Waals surface area contributed by atoms with Crippen molar-refractivity contribution in [1.82, 2.24) is 10.2 Å². The molecule has 2 aliphatic heterocycles. The van der Waals surface area contributed by atoms with E-state index in [9.17, 15) is 4.79 Å². The van der Waals surface area contributed by atoms with E-state index in [2.05, 4.69) is 10.2 Å². The highest BCUT2D eigenvalue weighted by Gasteiger charge is 2.40. The number of methoxy groups -OCH3 is 1. The fraction of sp³-hybridized carbons (Fsp3) is 0.923. The maximum absolute atomic E-state index is 12.3. The molecule has 0 aromatic heterocycles.